The van der Waals surface area contributed by atoms with Crippen LogP contribution in [0.1, 0.15) is 17.3 Å². The Labute approximate surface area is 139 Å². The quantitative estimate of drug-likeness (QED) is 0.634. The number of carbonyl (C=O) groups is 1. The van der Waals surface area contributed by atoms with Crippen molar-refractivity contribution >= 4 is 11.7 Å². The topological polar surface area (TPSA) is 101 Å². The van der Waals surface area contributed by atoms with Gasteiger partial charge in [-0.05, 0) is 25.1 Å². The lowest BCUT2D eigenvalue weighted by molar-refractivity contribution is 0.0526. The second kappa shape index (κ2) is 8.85. The Kier molecular flexibility index (Phi) is 6.53. The number of aromatic nitrogens is 1. The summed E-state index contributed by atoms with van der Waals surface area (Å²) < 4.78 is 10.6. The number of nitrogens with one attached hydrogen (secondary N) is 1. The van der Waals surface area contributed by atoms with Crippen LogP contribution in [0.2, 0.25) is 0 Å². The molecule has 0 bridgehead atoms. The molecule has 0 saturated carbocycles. The Morgan fingerprint density at radius 1 is 1.33 bits per heavy atom. The molecule has 1 atom stereocenters. The van der Waals surface area contributed by atoms with E-state index in [1.54, 1.807) is 37.3 Å². The van der Waals surface area contributed by atoms with Crippen LogP contribution in [-0.4, -0.2) is 47.0 Å². The molecule has 2 rings (SSSR count). The van der Waals surface area contributed by atoms with Crippen molar-refractivity contribution in [1.82, 2.24) is 4.98 Å². The van der Waals surface area contributed by atoms with Gasteiger partial charge in [-0.3, -0.25) is 0 Å². The maximum Gasteiger partial charge on any atom is 0.338 e. The molecule has 2 aromatic rings. The molecule has 24 heavy (non-hydrogen) atoms. The standard InChI is InChI=1S/C17H20N2O5/c1-2-23-17(22)12-6-7-18-16(8-12)24-15-5-3-4-13(9-15)19-10-14(21)11-20/h3-9,14,19-21H,2,10-11H2,1H3. The molecule has 1 aromatic heterocycles. The maximum absolute atomic E-state index is 11.7. The van der Waals surface area contributed by atoms with E-state index in [2.05, 4.69) is 10.3 Å². The summed E-state index contributed by atoms with van der Waals surface area (Å²) in [6.45, 7) is 1.94. The minimum absolute atomic E-state index is 0.219. The van der Waals surface area contributed by atoms with E-state index < -0.39 is 12.1 Å². The van der Waals surface area contributed by atoms with Crippen molar-refractivity contribution in [2.45, 2.75) is 13.0 Å². The molecule has 1 aromatic carbocycles. The first-order valence-corrected chi connectivity index (χ1v) is 7.56. The first-order chi connectivity index (χ1) is 11.6. The summed E-state index contributed by atoms with van der Waals surface area (Å²) in [5, 5.41) is 21.1. The van der Waals surface area contributed by atoms with Crippen LogP contribution in [0, 0.1) is 0 Å². The number of aliphatic hydroxyl groups excluding tert-OH is 2. The van der Waals surface area contributed by atoms with Crippen molar-refractivity contribution in [2.75, 3.05) is 25.1 Å². The zero-order valence-electron chi connectivity index (χ0n) is 13.3. The fraction of sp³-hybridized carbons (Fsp3) is 0.294. The zero-order chi connectivity index (χ0) is 17.4. The summed E-state index contributed by atoms with van der Waals surface area (Å²) >= 11 is 0. The molecule has 0 fully saturated rings. The van der Waals surface area contributed by atoms with Crippen LogP contribution in [0.4, 0.5) is 5.69 Å². The molecule has 1 heterocycles. The Hall–Kier alpha value is -2.64. The third-order valence-corrected chi connectivity index (χ3v) is 3.05. The van der Waals surface area contributed by atoms with Crippen molar-refractivity contribution < 1.29 is 24.5 Å². The number of carbonyl (C=O) groups excluding carboxylic acids is 1. The second-order valence-electron chi connectivity index (χ2n) is 4.95. The highest BCUT2D eigenvalue weighted by Crippen LogP contribution is 2.23. The molecular formula is C17H20N2O5. The van der Waals surface area contributed by atoms with E-state index in [4.69, 9.17) is 14.6 Å². The molecule has 128 valence electrons. The van der Waals surface area contributed by atoms with Gasteiger partial charge in [-0.2, -0.15) is 0 Å². The Balaban J connectivity index is 2.05. The van der Waals surface area contributed by atoms with Crippen LogP contribution in [0.15, 0.2) is 42.6 Å². The number of benzene rings is 1. The van der Waals surface area contributed by atoms with Crippen LogP contribution in [0.3, 0.4) is 0 Å². The Bertz CT molecular complexity index is 678. The average Bonchev–Trinajstić information content (AvgIpc) is 2.60. The second-order valence-corrected chi connectivity index (χ2v) is 4.95. The van der Waals surface area contributed by atoms with Gasteiger partial charge in [0.1, 0.15) is 5.75 Å². The van der Waals surface area contributed by atoms with Crippen LogP contribution < -0.4 is 10.1 Å². The van der Waals surface area contributed by atoms with E-state index in [1.165, 1.54) is 12.3 Å². The number of hydrogen-bond acceptors (Lipinski definition) is 7. The van der Waals surface area contributed by atoms with E-state index in [-0.39, 0.29) is 19.0 Å². The van der Waals surface area contributed by atoms with Gasteiger partial charge in [0.05, 0.1) is 24.9 Å². The lowest BCUT2D eigenvalue weighted by Gasteiger charge is -2.11. The summed E-state index contributed by atoms with van der Waals surface area (Å²) in [6, 6.07) is 10.1. The van der Waals surface area contributed by atoms with E-state index in [1.807, 2.05) is 0 Å². The summed E-state index contributed by atoms with van der Waals surface area (Å²) in [5.41, 5.74) is 1.09. The fourth-order valence-corrected chi connectivity index (χ4v) is 1.90. The Morgan fingerprint density at radius 3 is 2.92 bits per heavy atom. The van der Waals surface area contributed by atoms with Gasteiger partial charge in [-0.1, -0.05) is 6.07 Å². The summed E-state index contributed by atoms with van der Waals surface area (Å²) in [6.07, 6.45) is 0.638. The number of ether oxygens (including phenoxy) is 2. The third kappa shape index (κ3) is 5.22. The van der Waals surface area contributed by atoms with Crippen LogP contribution in [-0.2, 0) is 4.74 Å². The average molecular weight is 332 g/mol. The number of aliphatic hydroxyl groups is 2. The van der Waals surface area contributed by atoms with Gasteiger partial charge < -0.3 is 25.0 Å². The number of pyridine rings is 1. The minimum Gasteiger partial charge on any atom is -0.462 e. The predicted octanol–water partition coefficient (Wildman–Crippen LogP) is 1.82. The fourth-order valence-electron chi connectivity index (χ4n) is 1.90. The van der Waals surface area contributed by atoms with Crippen LogP contribution in [0.25, 0.3) is 0 Å². The lowest BCUT2D eigenvalue weighted by Crippen LogP contribution is -2.22. The molecule has 0 aliphatic heterocycles. The largest absolute Gasteiger partial charge is 0.462 e. The first-order valence-electron chi connectivity index (χ1n) is 7.56. The maximum atomic E-state index is 11.7. The normalized spacial score (nSPS) is 11.6. The molecule has 1 unspecified atom stereocenters. The van der Waals surface area contributed by atoms with Crippen molar-refractivity contribution in [2.24, 2.45) is 0 Å². The number of rotatable bonds is 8. The zero-order valence-corrected chi connectivity index (χ0v) is 13.3. The van der Waals surface area contributed by atoms with Crippen LogP contribution >= 0.6 is 0 Å². The molecule has 0 amide bonds. The smallest absolute Gasteiger partial charge is 0.338 e. The summed E-state index contributed by atoms with van der Waals surface area (Å²) in [4.78, 5) is 15.8. The van der Waals surface area contributed by atoms with Crippen molar-refractivity contribution in [1.29, 1.82) is 0 Å². The Morgan fingerprint density at radius 2 is 2.17 bits per heavy atom. The molecule has 7 nitrogen and oxygen atoms in total. The number of nitrogens with zero attached hydrogens (tertiary/aromatic N) is 1. The van der Waals surface area contributed by atoms with Gasteiger partial charge >= 0.3 is 5.97 Å². The molecule has 0 spiro atoms. The van der Waals surface area contributed by atoms with Gasteiger partial charge in [0.15, 0.2) is 0 Å². The molecule has 3 N–H and O–H groups in total. The van der Waals surface area contributed by atoms with Crippen molar-refractivity contribution in [3.63, 3.8) is 0 Å². The monoisotopic (exact) mass is 332 g/mol. The number of esters is 1. The summed E-state index contributed by atoms with van der Waals surface area (Å²) in [7, 11) is 0. The molecular weight excluding hydrogens is 312 g/mol. The van der Waals surface area contributed by atoms with Gasteiger partial charge in [-0.25, -0.2) is 9.78 Å². The molecule has 0 saturated heterocycles. The van der Waals surface area contributed by atoms with Crippen molar-refractivity contribution in [3.8, 4) is 11.6 Å². The summed E-state index contributed by atoms with van der Waals surface area (Å²) in [5.74, 6) is 0.359. The number of anilines is 1. The first kappa shape index (κ1) is 17.7. The van der Waals surface area contributed by atoms with E-state index in [9.17, 15) is 9.90 Å². The van der Waals surface area contributed by atoms with Gasteiger partial charge in [0, 0.05) is 30.6 Å². The van der Waals surface area contributed by atoms with Crippen molar-refractivity contribution in [3.05, 3.63) is 48.2 Å². The molecule has 7 heteroatoms. The highest BCUT2D eigenvalue weighted by atomic mass is 16.5. The molecule has 0 aliphatic carbocycles. The van der Waals surface area contributed by atoms with E-state index >= 15 is 0 Å². The van der Waals surface area contributed by atoms with Gasteiger partial charge in [-0.15, -0.1) is 0 Å². The van der Waals surface area contributed by atoms with Crippen LogP contribution in [0.5, 0.6) is 11.6 Å². The number of hydrogen-bond donors (Lipinski definition) is 3. The van der Waals surface area contributed by atoms with E-state index in [0.717, 1.165) is 5.69 Å². The predicted molar refractivity (Wildman–Crippen MR) is 88.3 cm³/mol. The van der Waals surface area contributed by atoms with Gasteiger partial charge in [0.2, 0.25) is 5.88 Å². The highest BCUT2D eigenvalue weighted by Gasteiger charge is 2.09. The SMILES string of the molecule is CCOC(=O)c1ccnc(Oc2cccc(NCC(O)CO)c2)c1. The van der Waals surface area contributed by atoms with Gasteiger partial charge in [0.25, 0.3) is 0 Å². The van der Waals surface area contributed by atoms with E-state index in [0.29, 0.717) is 17.9 Å². The molecule has 0 aliphatic rings. The highest BCUT2D eigenvalue weighted by molar-refractivity contribution is 5.89. The minimum atomic E-state index is -0.836. The third-order valence-electron chi connectivity index (χ3n) is 3.05. The lowest BCUT2D eigenvalue weighted by atomic mass is 10.2. The molecule has 0 radical (unpaired) electrons.